The Balaban J connectivity index is 1.19. The van der Waals surface area contributed by atoms with Gasteiger partial charge in [0.2, 0.25) is 5.95 Å². The summed E-state index contributed by atoms with van der Waals surface area (Å²) in [5, 5.41) is 5.02. The minimum Gasteiger partial charge on any atom is -0.395 e. The van der Waals surface area contributed by atoms with Crippen molar-refractivity contribution in [2.24, 2.45) is 17.8 Å². The number of nitrogens with zero attached hydrogens (tertiary/aromatic N) is 5. The maximum Gasteiger partial charge on any atom is 0.586 e. The molecule has 1 saturated heterocycles. The van der Waals surface area contributed by atoms with Crippen LogP contribution in [0.25, 0.3) is 16.6 Å². The van der Waals surface area contributed by atoms with Crippen LogP contribution in [0.3, 0.4) is 0 Å². The highest BCUT2D eigenvalue weighted by Crippen LogP contribution is 2.45. The molecule has 1 saturated carbocycles. The van der Waals surface area contributed by atoms with Gasteiger partial charge in [0.1, 0.15) is 5.52 Å². The van der Waals surface area contributed by atoms with E-state index in [9.17, 15) is 13.6 Å². The van der Waals surface area contributed by atoms with Crippen molar-refractivity contribution in [2.75, 3.05) is 25.9 Å². The highest BCUT2D eigenvalue weighted by molar-refractivity contribution is 5.97. The second-order valence-corrected chi connectivity index (χ2v) is 11.0. The monoisotopic (exact) mass is 501 g/mol. The van der Waals surface area contributed by atoms with Crippen LogP contribution in [0.4, 0.5) is 14.7 Å². The first-order valence-corrected chi connectivity index (χ1v) is 12.7. The Morgan fingerprint density at radius 2 is 2.06 bits per heavy atom. The van der Waals surface area contributed by atoms with Crippen LogP contribution in [0.2, 0.25) is 0 Å². The second-order valence-electron chi connectivity index (χ2n) is 11.0. The molecule has 11 heteroatoms. The van der Waals surface area contributed by atoms with Gasteiger partial charge < -0.3 is 15.2 Å². The van der Waals surface area contributed by atoms with E-state index in [1.54, 1.807) is 6.07 Å². The molecule has 36 heavy (non-hydrogen) atoms. The number of rotatable bonds is 6. The molecule has 3 aliphatic rings. The molecule has 3 atom stereocenters. The molecule has 2 aromatic heterocycles. The quantitative estimate of drug-likeness (QED) is 0.510. The number of carbonyl (C=O) groups excluding carboxylic acids is 1. The van der Waals surface area contributed by atoms with E-state index in [4.69, 9.17) is 5.73 Å². The number of likely N-dealkylation sites (tertiary alicyclic amines) is 1. The number of alkyl halides is 2. The number of carbonyl (C=O) groups is 1. The van der Waals surface area contributed by atoms with E-state index < -0.39 is 6.29 Å². The average Bonchev–Trinajstić information content (AvgIpc) is 3.44. The van der Waals surface area contributed by atoms with E-state index in [2.05, 4.69) is 38.5 Å². The van der Waals surface area contributed by atoms with Crippen molar-refractivity contribution in [1.29, 1.82) is 0 Å². The lowest BCUT2D eigenvalue weighted by Gasteiger charge is -2.31. The van der Waals surface area contributed by atoms with Gasteiger partial charge in [-0.3, -0.25) is 4.48 Å². The van der Waals surface area contributed by atoms with Gasteiger partial charge in [-0.15, -0.1) is 13.9 Å². The van der Waals surface area contributed by atoms with Gasteiger partial charge in [0.15, 0.2) is 23.0 Å². The van der Waals surface area contributed by atoms with Gasteiger partial charge in [-0.05, 0) is 56.1 Å². The Morgan fingerprint density at radius 1 is 1.25 bits per heavy atom. The third kappa shape index (κ3) is 4.12. The topological polar surface area (TPSA) is 105 Å². The van der Waals surface area contributed by atoms with Crippen LogP contribution in [-0.4, -0.2) is 56.4 Å². The number of amides is 1. The Labute approximate surface area is 207 Å². The molecule has 0 radical (unpaired) electrons. The zero-order valence-electron chi connectivity index (χ0n) is 20.5. The summed E-state index contributed by atoms with van der Waals surface area (Å²) < 4.78 is 38.4. The van der Waals surface area contributed by atoms with Crippen molar-refractivity contribution in [3.05, 3.63) is 18.0 Å². The first kappa shape index (κ1) is 23.3. The number of hydrogen-bond acceptors (Lipinski definition) is 7. The van der Waals surface area contributed by atoms with E-state index in [1.165, 1.54) is 23.4 Å². The van der Waals surface area contributed by atoms with E-state index in [1.807, 2.05) is 0 Å². The van der Waals surface area contributed by atoms with Crippen LogP contribution in [0.15, 0.2) is 12.1 Å². The number of anilines is 1. The number of halogens is 2. The minimum atomic E-state index is -3.75. The van der Waals surface area contributed by atoms with Gasteiger partial charge in [0, 0.05) is 17.7 Å². The molecule has 9 nitrogen and oxygen atoms in total. The van der Waals surface area contributed by atoms with Crippen LogP contribution in [-0.2, 0) is 11.2 Å². The summed E-state index contributed by atoms with van der Waals surface area (Å²) in [5.41, 5.74) is 6.68. The van der Waals surface area contributed by atoms with Crippen molar-refractivity contribution in [3.63, 3.8) is 0 Å². The molecule has 0 bridgehead atoms. The van der Waals surface area contributed by atoms with Crippen LogP contribution in [0.1, 0.15) is 51.3 Å². The number of ether oxygens (including phenoxy) is 2. The zero-order valence-corrected chi connectivity index (χ0v) is 20.5. The molecule has 6 rings (SSSR count). The van der Waals surface area contributed by atoms with Crippen LogP contribution in [0.5, 0.6) is 11.5 Å². The number of aryl methyl sites for hydroxylation is 1. The molecule has 3 unspecified atom stereocenters. The molecule has 1 aromatic carbocycles. The summed E-state index contributed by atoms with van der Waals surface area (Å²) in [6.45, 7) is 4.14. The van der Waals surface area contributed by atoms with Gasteiger partial charge in [0.25, 0.3) is 0 Å². The van der Waals surface area contributed by atoms with Crippen LogP contribution < -0.4 is 15.2 Å². The van der Waals surface area contributed by atoms with Crippen molar-refractivity contribution < 1.29 is 27.5 Å². The number of benzene rings is 1. The number of quaternary nitrogens is 1. The van der Waals surface area contributed by atoms with E-state index >= 15 is 0 Å². The maximum atomic E-state index is 13.6. The molecule has 3 aromatic rings. The standard InChI is InChI=1S/C25H31F2N6O3/c1-14(16-4-3-11-33(2,20(34)12-16)13-15-6-7-15)5-10-19-29-23-17-8-9-18-22(36-25(26,27)35-18)21(17)30-24(28)32(23)31-19/h8-9,14-16H,3-7,10-13H2,1-2H3,(H2,28,30)/q+1. The third-order valence-electron chi connectivity index (χ3n) is 8.13. The predicted octanol–water partition coefficient (Wildman–Crippen LogP) is 3.93. The SMILES string of the molecule is CC(CCc1nc2c3ccc4c(c3nc(N)n2n1)OC(F)(F)O4)C1CCC[N+](C)(CC2CC2)C(=O)C1. The number of nitrogens with two attached hydrogens (primary N) is 1. The molecule has 2 fully saturated rings. The molecule has 2 aliphatic heterocycles. The Hall–Kier alpha value is -3.08. The zero-order chi connectivity index (χ0) is 25.2. The molecule has 4 heterocycles. The lowest BCUT2D eigenvalue weighted by atomic mass is 9.84. The molecule has 192 valence electrons. The first-order chi connectivity index (χ1) is 17.1. The fourth-order valence-corrected chi connectivity index (χ4v) is 5.76. The van der Waals surface area contributed by atoms with Gasteiger partial charge in [-0.2, -0.15) is 4.52 Å². The van der Waals surface area contributed by atoms with E-state index in [0.717, 1.165) is 38.3 Å². The number of hydrogen-bond donors (Lipinski definition) is 1. The van der Waals surface area contributed by atoms with Crippen LogP contribution in [0, 0.1) is 17.8 Å². The molecule has 0 spiro atoms. The van der Waals surface area contributed by atoms with Gasteiger partial charge in [0.05, 0.1) is 26.6 Å². The summed E-state index contributed by atoms with van der Waals surface area (Å²) in [6.07, 6.45) is 2.99. The number of fused-ring (bicyclic) bond motifs is 5. The highest BCUT2D eigenvalue weighted by atomic mass is 19.3. The Kier molecular flexibility index (Phi) is 5.33. The number of nitrogen functional groups attached to an aromatic ring is 1. The lowest BCUT2D eigenvalue weighted by Crippen LogP contribution is -2.50. The van der Waals surface area contributed by atoms with Crippen molar-refractivity contribution in [2.45, 2.75) is 58.2 Å². The fraction of sp³-hybridized carbons (Fsp3) is 0.600. The second kappa shape index (κ2) is 8.22. The summed E-state index contributed by atoms with van der Waals surface area (Å²) >= 11 is 0. The smallest absolute Gasteiger partial charge is 0.395 e. The number of aromatic nitrogens is 4. The summed E-state index contributed by atoms with van der Waals surface area (Å²) in [4.78, 5) is 22.0. The first-order valence-electron chi connectivity index (χ1n) is 12.7. The van der Waals surface area contributed by atoms with E-state index in [-0.39, 0.29) is 23.0 Å². The summed E-state index contributed by atoms with van der Waals surface area (Å²) in [6, 6.07) is 3.02. The normalized spacial score (nSPS) is 26.4. The molecular formula is C25H31F2N6O3+. The minimum absolute atomic E-state index is 0.0265. The molecule has 2 N–H and O–H groups in total. The maximum absolute atomic E-state index is 13.6. The Morgan fingerprint density at radius 3 is 2.83 bits per heavy atom. The Bertz CT molecular complexity index is 1360. The fourth-order valence-electron chi connectivity index (χ4n) is 5.76. The van der Waals surface area contributed by atoms with Gasteiger partial charge in [-0.25, -0.2) is 14.8 Å². The van der Waals surface area contributed by atoms with Crippen molar-refractivity contribution in [3.8, 4) is 11.5 Å². The predicted molar refractivity (Wildman–Crippen MR) is 127 cm³/mol. The van der Waals surface area contributed by atoms with Gasteiger partial charge in [-0.1, -0.05) is 6.92 Å². The summed E-state index contributed by atoms with van der Waals surface area (Å²) in [5.74, 6) is 2.16. The lowest BCUT2D eigenvalue weighted by molar-refractivity contribution is -0.836. The average molecular weight is 502 g/mol. The van der Waals surface area contributed by atoms with Crippen molar-refractivity contribution in [1.82, 2.24) is 19.6 Å². The van der Waals surface area contributed by atoms with E-state index in [0.29, 0.717) is 51.9 Å². The van der Waals surface area contributed by atoms with Crippen LogP contribution >= 0.6 is 0 Å². The molecule has 1 amide bonds. The molecular weight excluding hydrogens is 470 g/mol. The highest BCUT2D eigenvalue weighted by Gasteiger charge is 2.45. The van der Waals surface area contributed by atoms with Crippen molar-refractivity contribution >= 4 is 28.4 Å². The molecule has 1 aliphatic carbocycles. The van der Waals surface area contributed by atoms with Gasteiger partial charge >= 0.3 is 12.2 Å². The third-order valence-corrected chi connectivity index (χ3v) is 8.13. The summed E-state index contributed by atoms with van der Waals surface area (Å²) in [7, 11) is 2.12. The largest absolute Gasteiger partial charge is 0.586 e.